The molecule has 0 spiro atoms. The first-order valence-electron chi connectivity index (χ1n) is 6.93. The van der Waals surface area contributed by atoms with Gasteiger partial charge in [-0.05, 0) is 23.6 Å². The molecule has 1 aromatic heterocycles. The van der Waals surface area contributed by atoms with Crippen molar-refractivity contribution in [2.45, 2.75) is 31.2 Å². The topological polar surface area (TPSA) is 71.8 Å². The van der Waals surface area contributed by atoms with Crippen LogP contribution < -0.4 is 10.4 Å². The minimum atomic E-state index is -1.15. The molecule has 112 valence electrons. The molecule has 3 rings (SSSR count). The smallest absolute Gasteiger partial charge is 0.228 e. The summed E-state index contributed by atoms with van der Waals surface area (Å²) >= 11 is 0. The van der Waals surface area contributed by atoms with Crippen molar-refractivity contribution in [2.75, 3.05) is 14.2 Å². The lowest BCUT2D eigenvalue weighted by atomic mass is 9.84. The van der Waals surface area contributed by atoms with Crippen LogP contribution in [0.2, 0.25) is 0 Å². The van der Waals surface area contributed by atoms with E-state index in [9.17, 15) is 10.2 Å². The molecule has 2 aliphatic carbocycles. The zero-order valence-electron chi connectivity index (χ0n) is 12.3. The zero-order chi connectivity index (χ0) is 15.2. The Bertz CT molecular complexity index is 719. The molecule has 2 aliphatic rings. The number of hydrogen-bond donors (Lipinski definition) is 2. The lowest BCUT2D eigenvalue weighted by Crippen LogP contribution is -2.50. The molecule has 2 atom stereocenters. The number of aliphatic hydroxyl groups excluding tert-OH is 2. The van der Waals surface area contributed by atoms with Gasteiger partial charge in [0.25, 0.3) is 0 Å². The summed E-state index contributed by atoms with van der Waals surface area (Å²) in [5.74, 6) is -0.996. The average molecular weight is 289 g/mol. The Morgan fingerprint density at radius 2 is 2.05 bits per heavy atom. The van der Waals surface area contributed by atoms with E-state index in [2.05, 4.69) is 4.98 Å². The minimum absolute atomic E-state index is 0.0398. The first-order chi connectivity index (χ1) is 10.0. The highest BCUT2D eigenvalue weighted by Crippen LogP contribution is 2.35. The van der Waals surface area contributed by atoms with Crippen LogP contribution in [0.15, 0.2) is 12.3 Å². The van der Waals surface area contributed by atoms with Gasteiger partial charge in [-0.2, -0.15) is 0 Å². The molecular weight excluding hydrogens is 270 g/mol. The van der Waals surface area contributed by atoms with E-state index in [-0.39, 0.29) is 11.7 Å². The van der Waals surface area contributed by atoms with Crippen LogP contribution >= 0.6 is 0 Å². The molecule has 0 bridgehead atoms. The summed E-state index contributed by atoms with van der Waals surface area (Å²) in [6, 6.07) is 0. The predicted octanol–water partition coefficient (Wildman–Crippen LogP) is 0.412. The van der Waals surface area contributed by atoms with Crippen LogP contribution in [0.25, 0.3) is 17.9 Å². The number of fused-ring (bicyclic) bond motifs is 3. The van der Waals surface area contributed by atoms with Crippen LogP contribution in [0.3, 0.4) is 0 Å². The maximum absolute atomic E-state index is 10.7. The van der Waals surface area contributed by atoms with Crippen molar-refractivity contribution in [3.05, 3.63) is 34.0 Å². The Morgan fingerprint density at radius 3 is 2.71 bits per heavy atom. The quantitative estimate of drug-likeness (QED) is 0.772. The predicted molar refractivity (Wildman–Crippen MR) is 78.8 cm³/mol. The standard InChI is InChI=1S/C16H19NO4/c1-9-7-16(20-2,21-3)15(19)14-11-6-10(18)4-5-13(11)17-8-12(9)14/h4-6,8-10,18-19H,7H2,1-3H3. The van der Waals surface area contributed by atoms with E-state index in [4.69, 9.17) is 9.47 Å². The van der Waals surface area contributed by atoms with Gasteiger partial charge < -0.3 is 19.7 Å². The average Bonchev–Trinajstić information content (AvgIpc) is 2.50. The maximum Gasteiger partial charge on any atom is 0.228 e. The van der Waals surface area contributed by atoms with Gasteiger partial charge in [-0.1, -0.05) is 13.0 Å². The molecule has 0 amide bonds. The third kappa shape index (κ3) is 2.00. The van der Waals surface area contributed by atoms with E-state index in [0.717, 1.165) is 16.5 Å². The fourth-order valence-electron chi connectivity index (χ4n) is 3.16. The van der Waals surface area contributed by atoms with Crippen LogP contribution in [0.1, 0.15) is 30.5 Å². The van der Waals surface area contributed by atoms with Gasteiger partial charge >= 0.3 is 0 Å². The van der Waals surface area contributed by atoms with Crippen molar-refractivity contribution in [2.24, 2.45) is 0 Å². The molecule has 21 heavy (non-hydrogen) atoms. The number of hydrogen-bond acceptors (Lipinski definition) is 5. The third-order valence-electron chi connectivity index (χ3n) is 4.33. The zero-order valence-corrected chi connectivity index (χ0v) is 12.3. The summed E-state index contributed by atoms with van der Waals surface area (Å²) in [6.07, 6.45) is 6.71. The van der Waals surface area contributed by atoms with Crippen molar-refractivity contribution in [1.82, 2.24) is 4.98 Å². The number of aromatic nitrogens is 1. The number of nitrogens with zero attached hydrogens (tertiary/aromatic N) is 1. The van der Waals surface area contributed by atoms with Crippen molar-refractivity contribution < 1.29 is 19.7 Å². The Hall–Kier alpha value is -1.69. The Morgan fingerprint density at radius 1 is 1.33 bits per heavy atom. The summed E-state index contributed by atoms with van der Waals surface area (Å²) < 4.78 is 10.9. The molecule has 0 aromatic carbocycles. The summed E-state index contributed by atoms with van der Waals surface area (Å²) in [4.78, 5) is 4.42. The van der Waals surface area contributed by atoms with E-state index >= 15 is 0 Å². The largest absolute Gasteiger partial charge is 0.506 e. The molecule has 5 heteroatoms. The molecule has 5 nitrogen and oxygen atoms in total. The number of ether oxygens (including phenoxy) is 2. The summed E-state index contributed by atoms with van der Waals surface area (Å²) in [5.41, 5.74) is 1.66. The van der Waals surface area contributed by atoms with E-state index in [1.54, 1.807) is 24.4 Å². The second kappa shape index (κ2) is 4.94. The number of pyridine rings is 1. The monoisotopic (exact) mass is 289 g/mol. The van der Waals surface area contributed by atoms with Crippen molar-refractivity contribution in [3.8, 4) is 0 Å². The second-order valence-electron chi connectivity index (χ2n) is 5.52. The fourth-order valence-corrected chi connectivity index (χ4v) is 3.16. The normalized spacial score (nSPS) is 26.0. The molecule has 0 saturated heterocycles. The highest BCUT2D eigenvalue weighted by molar-refractivity contribution is 5.61. The minimum Gasteiger partial charge on any atom is -0.506 e. The molecule has 0 saturated carbocycles. The Labute approximate surface area is 122 Å². The van der Waals surface area contributed by atoms with Crippen LogP contribution in [0.5, 0.6) is 0 Å². The highest BCUT2D eigenvalue weighted by atomic mass is 16.7. The fraction of sp³-hybridized carbons (Fsp3) is 0.438. The van der Waals surface area contributed by atoms with Gasteiger partial charge in [0.1, 0.15) is 0 Å². The molecule has 1 heterocycles. The summed E-state index contributed by atoms with van der Waals surface area (Å²) in [6.45, 7) is 2.04. The SMILES string of the molecule is COC1(OC)CC(C)c2cnc3c(c2=C1O)=CC(O)C=C3. The summed E-state index contributed by atoms with van der Waals surface area (Å²) in [5, 5.41) is 22.0. The number of methoxy groups -OCH3 is 2. The van der Waals surface area contributed by atoms with Gasteiger partial charge in [0.2, 0.25) is 5.79 Å². The number of aliphatic hydroxyl groups is 2. The van der Waals surface area contributed by atoms with Crippen LogP contribution in [-0.2, 0) is 9.47 Å². The van der Waals surface area contributed by atoms with Gasteiger partial charge in [-0.15, -0.1) is 0 Å². The first kappa shape index (κ1) is 14.3. The van der Waals surface area contributed by atoms with E-state index in [0.29, 0.717) is 11.6 Å². The van der Waals surface area contributed by atoms with Crippen LogP contribution in [0, 0.1) is 0 Å². The Kier molecular flexibility index (Phi) is 3.36. The van der Waals surface area contributed by atoms with Crippen molar-refractivity contribution in [1.29, 1.82) is 0 Å². The lowest BCUT2D eigenvalue weighted by Gasteiger charge is -2.36. The molecule has 0 radical (unpaired) electrons. The van der Waals surface area contributed by atoms with E-state index < -0.39 is 11.9 Å². The van der Waals surface area contributed by atoms with Crippen LogP contribution in [0.4, 0.5) is 0 Å². The highest BCUT2D eigenvalue weighted by Gasteiger charge is 2.42. The van der Waals surface area contributed by atoms with Gasteiger partial charge in [-0.3, -0.25) is 4.98 Å². The van der Waals surface area contributed by atoms with E-state index in [1.807, 2.05) is 6.92 Å². The molecular formula is C16H19NO4. The van der Waals surface area contributed by atoms with Gasteiger partial charge in [0, 0.05) is 37.3 Å². The molecule has 2 unspecified atom stereocenters. The van der Waals surface area contributed by atoms with Crippen LogP contribution in [-0.4, -0.2) is 41.3 Å². The second-order valence-corrected chi connectivity index (χ2v) is 5.52. The van der Waals surface area contributed by atoms with Gasteiger partial charge in [-0.25, -0.2) is 0 Å². The van der Waals surface area contributed by atoms with Gasteiger partial charge in [0.05, 0.1) is 11.8 Å². The number of rotatable bonds is 2. The first-order valence-corrected chi connectivity index (χ1v) is 6.93. The van der Waals surface area contributed by atoms with Crippen molar-refractivity contribution in [3.63, 3.8) is 0 Å². The Balaban J connectivity index is 2.44. The molecule has 1 aromatic rings. The maximum atomic E-state index is 10.7. The molecule has 0 fully saturated rings. The van der Waals surface area contributed by atoms with Gasteiger partial charge in [0.15, 0.2) is 5.76 Å². The molecule has 2 N–H and O–H groups in total. The lowest BCUT2D eigenvalue weighted by molar-refractivity contribution is -0.183. The third-order valence-corrected chi connectivity index (χ3v) is 4.33. The van der Waals surface area contributed by atoms with E-state index in [1.165, 1.54) is 14.2 Å². The molecule has 0 aliphatic heterocycles. The summed E-state index contributed by atoms with van der Waals surface area (Å²) in [7, 11) is 3.03. The van der Waals surface area contributed by atoms with Crippen molar-refractivity contribution >= 4 is 17.9 Å².